The molecule has 0 saturated carbocycles. The summed E-state index contributed by atoms with van der Waals surface area (Å²) in [5.41, 5.74) is 6.09. The van der Waals surface area contributed by atoms with Crippen LogP contribution in [0.5, 0.6) is 23.1 Å². The highest BCUT2D eigenvalue weighted by atomic mass is 19.1. The number of methoxy groups -OCH3 is 2. The van der Waals surface area contributed by atoms with Crippen LogP contribution in [0.4, 0.5) is 15.9 Å². The number of aromatic nitrogens is 3. The number of anilines is 2. The van der Waals surface area contributed by atoms with Crippen molar-refractivity contribution in [2.45, 2.75) is 6.42 Å². The summed E-state index contributed by atoms with van der Waals surface area (Å²) in [5, 5.41) is 8.77. The van der Waals surface area contributed by atoms with Crippen LogP contribution in [-0.4, -0.2) is 41.2 Å². The third kappa shape index (κ3) is 5.08. The number of rotatable bonds is 8. The summed E-state index contributed by atoms with van der Waals surface area (Å²) in [6.07, 6.45) is 1.01. The Labute approximate surface area is 199 Å². The Morgan fingerprint density at radius 2 is 1.66 bits per heavy atom. The molecule has 2 amide bonds. The number of nitrogens with zero attached hydrogens (tertiary/aromatic N) is 4. The highest BCUT2D eigenvalue weighted by Crippen LogP contribution is 2.36. The molecule has 0 saturated heterocycles. The van der Waals surface area contributed by atoms with Gasteiger partial charge in [-0.05, 0) is 42.5 Å². The average Bonchev–Trinajstić information content (AvgIpc) is 2.85. The molecule has 0 aliphatic carbocycles. The minimum atomic E-state index is -0.813. The lowest BCUT2D eigenvalue weighted by atomic mass is 10.2. The maximum Gasteiger partial charge on any atom is 0.242 e. The fraction of sp³-hybridized carbons (Fsp3) is 0.125. The summed E-state index contributed by atoms with van der Waals surface area (Å²) in [5.74, 6) is -0.237. The van der Waals surface area contributed by atoms with Crippen molar-refractivity contribution in [1.29, 1.82) is 0 Å². The van der Waals surface area contributed by atoms with Gasteiger partial charge in [0.15, 0.2) is 17.3 Å². The maximum atomic E-state index is 13.4. The molecule has 0 atom stereocenters. The van der Waals surface area contributed by atoms with E-state index in [1.54, 1.807) is 24.4 Å². The van der Waals surface area contributed by atoms with Crippen molar-refractivity contribution in [2.24, 2.45) is 5.73 Å². The molecule has 0 unspecified atom stereocenters. The van der Waals surface area contributed by atoms with E-state index < -0.39 is 24.1 Å². The van der Waals surface area contributed by atoms with Crippen LogP contribution in [0.3, 0.4) is 0 Å². The van der Waals surface area contributed by atoms with Gasteiger partial charge >= 0.3 is 0 Å². The number of amides is 2. The fourth-order valence-electron chi connectivity index (χ4n) is 3.36. The molecule has 0 aliphatic heterocycles. The van der Waals surface area contributed by atoms with Crippen molar-refractivity contribution in [2.75, 3.05) is 19.1 Å². The fourth-order valence-corrected chi connectivity index (χ4v) is 3.36. The number of pyridine rings is 1. The molecule has 0 spiro atoms. The monoisotopic (exact) mass is 477 g/mol. The predicted molar refractivity (Wildman–Crippen MR) is 124 cm³/mol. The van der Waals surface area contributed by atoms with E-state index in [1.807, 2.05) is 0 Å². The SMILES string of the molecule is COc1cc2nccc(Oc3ccc(N(C(=O)CC(N)=O)c4ccc(F)cc4)nn3)c2cc1OC. The van der Waals surface area contributed by atoms with Gasteiger partial charge in [0, 0.05) is 23.7 Å². The van der Waals surface area contributed by atoms with Crippen molar-refractivity contribution in [3.05, 3.63) is 66.6 Å². The Kier molecular flexibility index (Phi) is 6.67. The van der Waals surface area contributed by atoms with E-state index in [0.29, 0.717) is 33.8 Å². The van der Waals surface area contributed by atoms with Crippen LogP contribution in [0.15, 0.2) is 60.8 Å². The molecule has 35 heavy (non-hydrogen) atoms. The smallest absolute Gasteiger partial charge is 0.242 e. The van der Waals surface area contributed by atoms with Crippen molar-refractivity contribution in [1.82, 2.24) is 15.2 Å². The van der Waals surface area contributed by atoms with Gasteiger partial charge in [-0.15, -0.1) is 10.2 Å². The molecule has 0 bridgehead atoms. The lowest BCUT2D eigenvalue weighted by molar-refractivity contribution is -0.125. The second-order valence-electron chi connectivity index (χ2n) is 7.21. The van der Waals surface area contributed by atoms with Gasteiger partial charge in [-0.25, -0.2) is 4.39 Å². The van der Waals surface area contributed by atoms with E-state index >= 15 is 0 Å². The molecule has 4 rings (SSSR count). The van der Waals surface area contributed by atoms with Gasteiger partial charge in [0.1, 0.15) is 18.0 Å². The molecule has 4 aromatic rings. The second kappa shape index (κ2) is 10.00. The summed E-state index contributed by atoms with van der Waals surface area (Å²) in [7, 11) is 3.06. The molecular formula is C24H20FN5O5. The second-order valence-corrected chi connectivity index (χ2v) is 7.21. The molecule has 11 heteroatoms. The highest BCUT2D eigenvalue weighted by Gasteiger charge is 2.22. The predicted octanol–water partition coefficient (Wildman–Crippen LogP) is 3.51. The molecular weight excluding hydrogens is 457 g/mol. The number of halogens is 1. The van der Waals surface area contributed by atoms with Crippen molar-refractivity contribution < 1.29 is 28.2 Å². The number of ether oxygens (including phenoxy) is 3. The number of primary amides is 1. The number of fused-ring (bicyclic) bond motifs is 1. The number of hydrogen-bond donors (Lipinski definition) is 1. The molecule has 0 radical (unpaired) electrons. The molecule has 2 N–H and O–H groups in total. The summed E-state index contributed by atoms with van der Waals surface area (Å²) in [6.45, 7) is 0. The van der Waals surface area contributed by atoms with Gasteiger partial charge in [-0.2, -0.15) is 0 Å². The normalized spacial score (nSPS) is 10.6. The molecule has 2 aromatic heterocycles. The van der Waals surface area contributed by atoms with Crippen LogP contribution in [0.25, 0.3) is 10.9 Å². The first kappa shape index (κ1) is 23.4. The Bertz CT molecular complexity index is 1380. The van der Waals surface area contributed by atoms with Crippen molar-refractivity contribution in [3.63, 3.8) is 0 Å². The Balaban J connectivity index is 1.66. The molecule has 2 heterocycles. The Hall–Kier alpha value is -4.80. The van der Waals surface area contributed by atoms with Gasteiger partial charge in [0.05, 0.1) is 25.4 Å². The average molecular weight is 477 g/mol. The first-order valence-electron chi connectivity index (χ1n) is 10.3. The third-order valence-corrected chi connectivity index (χ3v) is 4.94. The zero-order chi connectivity index (χ0) is 24.9. The van der Waals surface area contributed by atoms with Gasteiger partial charge in [0.25, 0.3) is 0 Å². The lowest BCUT2D eigenvalue weighted by Crippen LogP contribution is -2.31. The standard InChI is InChI=1S/C24H20FN5O5/c1-33-19-11-16-17(12-20(19)34-2)27-10-9-18(16)35-23-8-7-22(28-29-23)30(24(32)13-21(26)31)15-5-3-14(25)4-6-15/h3-12H,13H2,1-2H3,(H2,26,31). The third-order valence-electron chi connectivity index (χ3n) is 4.94. The minimum absolute atomic E-state index is 0.0983. The molecule has 2 aromatic carbocycles. The maximum absolute atomic E-state index is 13.4. The highest BCUT2D eigenvalue weighted by molar-refractivity contribution is 6.08. The molecule has 0 fully saturated rings. The summed E-state index contributed by atoms with van der Waals surface area (Å²) in [6, 6.07) is 13.2. The van der Waals surface area contributed by atoms with E-state index in [0.717, 1.165) is 4.90 Å². The summed E-state index contributed by atoms with van der Waals surface area (Å²) < 4.78 is 30.0. The van der Waals surface area contributed by atoms with Crippen molar-refractivity contribution in [3.8, 4) is 23.1 Å². The van der Waals surface area contributed by atoms with Crippen molar-refractivity contribution >= 4 is 34.2 Å². The van der Waals surface area contributed by atoms with Gasteiger partial charge in [-0.1, -0.05) is 0 Å². The van der Waals surface area contributed by atoms with Crippen LogP contribution in [0.1, 0.15) is 6.42 Å². The zero-order valence-electron chi connectivity index (χ0n) is 18.8. The number of carbonyl (C=O) groups is 2. The van der Waals surface area contributed by atoms with Crippen LogP contribution < -0.4 is 24.8 Å². The number of benzene rings is 2. The van der Waals surface area contributed by atoms with Crippen LogP contribution in [-0.2, 0) is 9.59 Å². The number of hydrogen-bond acceptors (Lipinski definition) is 8. The lowest BCUT2D eigenvalue weighted by Gasteiger charge is -2.21. The van der Waals surface area contributed by atoms with E-state index in [4.69, 9.17) is 19.9 Å². The zero-order valence-corrected chi connectivity index (χ0v) is 18.8. The first-order valence-corrected chi connectivity index (χ1v) is 10.3. The first-order chi connectivity index (χ1) is 16.9. The van der Waals surface area contributed by atoms with E-state index in [1.165, 1.54) is 50.6 Å². The molecule has 178 valence electrons. The van der Waals surface area contributed by atoms with Crippen LogP contribution in [0.2, 0.25) is 0 Å². The number of carbonyl (C=O) groups excluding carboxylic acids is 2. The summed E-state index contributed by atoms with van der Waals surface area (Å²) in [4.78, 5) is 29.4. The van der Waals surface area contributed by atoms with Crippen LogP contribution >= 0.6 is 0 Å². The topological polar surface area (TPSA) is 130 Å². The Morgan fingerprint density at radius 3 is 2.29 bits per heavy atom. The van der Waals surface area contributed by atoms with Gasteiger partial charge in [-0.3, -0.25) is 19.5 Å². The van der Waals surface area contributed by atoms with E-state index in [9.17, 15) is 14.0 Å². The van der Waals surface area contributed by atoms with E-state index in [-0.39, 0.29) is 11.7 Å². The van der Waals surface area contributed by atoms with Crippen LogP contribution in [0, 0.1) is 5.82 Å². The Morgan fingerprint density at radius 1 is 0.943 bits per heavy atom. The quantitative estimate of drug-likeness (QED) is 0.382. The van der Waals surface area contributed by atoms with E-state index in [2.05, 4.69) is 15.2 Å². The number of nitrogens with two attached hydrogens (primary N) is 1. The largest absolute Gasteiger partial charge is 0.493 e. The van der Waals surface area contributed by atoms with Gasteiger partial charge < -0.3 is 19.9 Å². The minimum Gasteiger partial charge on any atom is -0.493 e. The molecule has 0 aliphatic rings. The summed E-state index contributed by atoms with van der Waals surface area (Å²) >= 11 is 0. The molecule has 10 nitrogen and oxygen atoms in total. The van der Waals surface area contributed by atoms with Gasteiger partial charge in [0.2, 0.25) is 17.7 Å².